The van der Waals surface area contributed by atoms with Crippen LogP contribution in [-0.4, -0.2) is 25.0 Å². The van der Waals surface area contributed by atoms with Gasteiger partial charge in [0.15, 0.2) is 0 Å². The van der Waals surface area contributed by atoms with E-state index >= 15 is 0 Å². The largest absolute Gasteiger partial charge is 0.497 e. The van der Waals surface area contributed by atoms with E-state index in [1.807, 2.05) is 18.2 Å². The average Bonchev–Trinajstić information content (AvgIpc) is 2.48. The maximum Gasteiger partial charge on any atom is 0.254 e. The molecule has 0 atom stereocenters. The fraction of sp³-hybridized carbons (Fsp3) is 0.188. The van der Waals surface area contributed by atoms with Crippen molar-refractivity contribution in [2.24, 2.45) is 0 Å². The van der Waals surface area contributed by atoms with Gasteiger partial charge in [-0.25, -0.2) is 0 Å². The number of hydrogen-bond donors (Lipinski definition) is 1. The third-order valence-corrected chi connectivity index (χ3v) is 3.49. The van der Waals surface area contributed by atoms with Gasteiger partial charge in [-0.3, -0.25) is 4.79 Å². The Labute approximate surface area is 129 Å². The lowest BCUT2D eigenvalue weighted by atomic mass is 10.1. The van der Waals surface area contributed by atoms with Crippen LogP contribution < -0.4 is 10.5 Å². The fourth-order valence-electron chi connectivity index (χ4n) is 2.04. The molecule has 2 aromatic carbocycles. The molecule has 0 saturated heterocycles. The quantitative estimate of drug-likeness (QED) is 0.883. The van der Waals surface area contributed by atoms with E-state index in [0.29, 0.717) is 28.6 Å². The summed E-state index contributed by atoms with van der Waals surface area (Å²) in [6, 6.07) is 12.4. The average molecular weight is 305 g/mol. The van der Waals surface area contributed by atoms with Crippen molar-refractivity contribution in [3.8, 4) is 5.75 Å². The van der Waals surface area contributed by atoms with Gasteiger partial charge in [-0.15, -0.1) is 0 Å². The van der Waals surface area contributed by atoms with Crippen LogP contribution in [0.15, 0.2) is 42.5 Å². The second kappa shape index (κ2) is 6.50. The molecule has 21 heavy (non-hydrogen) atoms. The van der Waals surface area contributed by atoms with Crippen molar-refractivity contribution in [2.45, 2.75) is 6.54 Å². The molecule has 0 radical (unpaired) electrons. The van der Waals surface area contributed by atoms with Crippen molar-refractivity contribution in [1.29, 1.82) is 0 Å². The van der Waals surface area contributed by atoms with Gasteiger partial charge in [0.05, 0.1) is 7.11 Å². The fourth-order valence-corrected chi connectivity index (χ4v) is 2.23. The first-order chi connectivity index (χ1) is 10.0. The molecule has 0 aliphatic carbocycles. The Morgan fingerprint density at radius 1 is 1.29 bits per heavy atom. The van der Waals surface area contributed by atoms with Crippen molar-refractivity contribution in [3.63, 3.8) is 0 Å². The number of nitrogen functional groups attached to an aromatic ring is 1. The van der Waals surface area contributed by atoms with Crippen LogP contribution >= 0.6 is 11.6 Å². The first-order valence-electron chi connectivity index (χ1n) is 6.44. The summed E-state index contributed by atoms with van der Waals surface area (Å²) in [5.74, 6) is 0.421. The molecule has 0 fully saturated rings. The normalized spacial score (nSPS) is 10.2. The zero-order chi connectivity index (χ0) is 15.4. The Hall–Kier alpha value is -2.20. The number of anilines is 1. The molecule has 2 rings (SSSR count). The molecule has 0 spiro atoms. The molecule has 110 valence electrons. The number of halogens is 1. The smallest absolute Gasteiger partial charge is 0.254 e. The highest BCUT2D eigenvalue weighted by molar-refractivity contribution is 6.31. The van der Waals surface area contributed by atoms with E-state index < -0.39 is 0 Å². The molecule has 0 aliphatic rings. The van der Waals surface area contributed by atoms with E-state index in [2.05, 4.69) is 0 Å². The molecule has 1 amide bonds. The highest BCUT2D eigenvalue weighted by Gasteiger charge is 2.14. The van der Waals surface area contributed by atoms with Crippen LogP contribution in [0.5, 0.6) is 5.75 Å². The number of rotatable bonds is 4. The predicted octanol–water partition coefficient (Wildman–Crippen LogP) is 3.20. The van der Waals surface area contributed by atoms with E-state index in [1.165, 1.54) is 7.11 Å². The number of amides is 1. The van der Waals surface area contributed by atoms with Crippen molar-refractivity contribution >= 4 is 23.2 Å². The number of nitrogens with two attached hydrogens (primary N) is 1. The molecule has 0 unspecified atom stereocenters. The lowest BCUT2D eigenvalue weighted by Gasteiger charge is -2.18. The van der Waals surface area contributed by atoms with Crippen molar-refractivity contribution in [1.82, 2.24) is 4.90 Å². The molecule has 4 nitrogen and oxygen atoms in total. The SMILES string of the molecule is COc1cc(N)cc(C(=O)N(C)Cc2ccccc2Cl)c1. The maximum absolute atomic E-state index is 12.5. The molecule has 0 aliphatic heterocycles. The monoisotopic (exact) mass is 304 g/mol. The second-order valence-electron chi connectivity index (χ2n) is 4.75. The molecule has 0 heterocycles. The van der Waals surface area contributed by atoms with E-state index in [0.717, 1.165) is 5.56 Å². The third kappa shape index (κ3) is 3.67. The van der Waals surface area contributed by atoms with Gasteiger partial charge >= 0.3 is 0 Å². The Kier molecular flexibility index (Phi) is 4.70. The van der Waals surface area contributed by atoms with Crippen LogP contribution in [0.4, 0.5) is 5.69 Å². The van der Waals surface area contributed by atoms with Gasteiger partial charge in [0.25, 0.3) is 5.91 Å². The molecule has 2 N–H and O–H groups in total. The minimum atomic E-state index is -0.138. The van der Waals surface area contributed by atoms with Gasteiger partial charge in [-0.1, -0.05) is 29.8 Å². The first-order valence-corrected chi connectivity index (χ1v) is 6.82. The summed E-state index contributed by atoms with van der Waals surface area (Å²) < 4.78 is 5.13. The van der Waals surface area contributed by atoms with Crippen LogP contribution in [-0.2, 0) is 6.54 Å². The number of nitrogens with zero attached hydrogens (tertiary/aromatic N) is 1. The highest BCUT2D eigenvalue weighted by atomic mass is 35.5. The molecular weight excluding hydrogens is 288 g/mol. The van der Waals surface area contributed by atoms with Gasteiger partial charge in [0.1, 0.15) is 5.75 Å². The zero-order valence-electron chi connectivity index (χ0n) is 12.0. The summed E-state index contributed by atoms with van der Waals surface area (Å²) in [6.45, 7) is 0.426. The van der Waals surface area contributed by atoms with Gasteiger partial charge < -0.3 is 15.4 Å². The molecule has 2 aromatic rings. The third-order valence-electron chi connectivity index (χ3n) is 3.12. The Morgan fingerprint density at radius 2 is 2.00 bits per heavy atom. The van der Waals surface area contributed by atoms with Gasteiger partial charge in [0, 0.05) is 35.9 Å². The molecule has 5 heteroatoms. The number of carbonyl (C=O) groups excluding carboxylic acids is 1. The second-order valence-corrected chi connectivity index (χ2v) is 5.15. The maximum atomic E-state index is 12.5. The van der Waals surface area contributed by atoms with Crippen LogP contribution in [0.1, 0.15) is 15.9 Å². The lowest BCUT2D eigenvalue weighted by molar-refractivity contribution is 0.0785. The topological polar surface area (TPSA) is 55.6 Å². The van der Waals surface area contributed by atoms with E-state index in [-0.39, 0.29) is 5.91 Å². The summed E-state index contributed by atoms with van der Waals surface area (Å²) >= 11 is 6.11. The van der Waals surface area contributed by atoms with Crippen LogP contribution in [0.25, 0.3) is 0 Å². The van der Waals surface area contributed by atoms with Crippen molar-refractivity contribution < 1.29 is 9.53 Å². The Bertz CT molecular complexity index is 658. The number of carbonyl (C=O) groups is 1. The molecule has 0 saturated carbocycles. The van der Waals surface area contributed by atoms with Crippen LogP contribution in [0.3, 0.4) is 0 Å². The summed E-state index contributed by atoms with van der Waals surface area (Å²) in [4.78, 5) is 14.0. The number of hydrogen-bond acceptors (Lipinski definition) is 3. The number of benzene rings is 2. The lowest BCUT2D eigenvalue weighted by Crippen LogP contribution is -2.26. The van der Waals surface area contributed by atoms with Crippen LogP contribution in [0.2, 0.25) is 5.02 Å². The molecular formula is C16H17ClN2O2. The summed E-state index contributed by atoms with van der Waals surface area (Å²) in [6.07, 6.45) is 0. The zero-order valence-corrected chi connectivity index (χ0v) is 12.7. The minimum Gasteiger partial charge on any atom is -0.497 e. The number of methoxy groups -OCH3 is 1. The predicted molar refractivity (Wildman–Crippen MR) is 84.7 cm³/mol. The van der Waals surface area contributed by atoms with Gasteiger partial charge in [-0.2, -0.15) is 0 Å². The van der Waals surface area contributed by atoms with E-state index in [1.54, 1.807) is 36.2 Å². The summed E-state index contributed by atoms with van der Waals surface area (Å²) in [5.41, 5.74) is 7.65. The van der Waals surface area contributed by atoms with Gasteiger partial charge in [-0.05, 0) is 23.8 Å². The first kappa shape index (κ1) is 15.2. The van der Waals surface area contributed by atoms with E-state index in [4.69, 9.17) is 22.1 Å². The Balaban J connectivity index is 2.20. The van der Waals surface area contributed by atoms with Crippen LogP contribution in [0, 0.1) is 0 Å². The summed E-state index contributed by atoms with van der Waals surface area (Å²) in [7, 11) is 3.26. The Morgan fingerprint density at radius 3 is 2.67 bits per heavy atom. The number of ether oxygens (including phenoxy) is 1. The van der Waals surface area contributed by atoms with Crippen molar-refractivity contribution in [2.75, 3.05) is 19.9 Å². The summed E-state index contributed by atoms with van der Waals surface area (Å²) in [5, 5.41) is 0.641. The minimum absolute atomic E-state index is 0.138. The molecule has 0 bridgehead atoms. The van der Waals surface area contributed by atoms with Crippen molar-refractivity contribution in [3.05, 3.63) is 58.6 Å². The standard InChI is InChI=1S/C16H17ClN2O2/c1-19(10-11-5-3-4-6-15(11)17)16(20)12-7-13(18)9-14(8-12)21-2/h3-9H,10,18H2,1-2H3. The highest BCUT2D eigenvalue weighted by Crippen LogP contribution is 2.21. The van der Waals surface area contributed by atoms with Gasteiger partial charge in [0.2, 0.25) is 0 Å². The van der Waals surface area contributed by atoms with E-state index in [9.17, 15) is 4.79 Å². The molecule has 0 aromatic heterocycles.